The van der Waals surface area contributed by atoms with Crippen molar-refractivity contribution in [1.82, 2.24) is 15.1 Å². The number of hydrogen-bond donors (Lipinski definition) is 0. The van der Waals surface area contributed by atoms with Gasteiger partial charge in [-0.3, -0.25) is 4.68 Å². The summed E-state index contributed by atoms with van der Waals surface area (Å²) in [5, 5.41) is 8.76. The number of benzene rings is 1. The van der Waals surface area contributed by atoms with E-state index in [1.54, 1.807) is 19.4 Å². The topological polar surface area (TPSA) is 41.2 Å². The van der Waals surface area contributed by atoms with Crippen molar-refractivity contribution in [3.05, 3.63) is 36.4 Å². The van der Waals surface area contributed by atoms with E-state index in [0.717, 1.165) is 37.1 Å². The Labute approximate surface area is 117 Å². The quantitative estimate of drug-likeness (QED) is 0.863. The van der Waals surface area contributed by atoms with Crippen LogP contribution in [0.3, 0.4) is 0 Å². The van der Waals surface area contributed by atoms with Crippen LogP contribution in [-0.4, -0.2) is 30.0 Å². The number of ether oxygens (including phenoxy) is 1. The van der Waals surface area contributed by atoms with Crippen molar-refractivity contribution in [2.45, 2.75) is 18.9 Å². The highest BCUT2D eigenvalue weighted by atomic mass is 19.1. The number of nitrogens with zero attached hydrogens (tertiary/aromatic N) is 3. The molecule has 0 saturated carbocycles. The number of aromatic nitrogens is 2. The normalized spacial score (nSPS) is 16.3. The third-order valence-electron chi connectivity index (χ3n) is 3.69. The minimum absolute atomic E-state index is 0.273. The number of piperidine rings is 1. The van der Waals surface area contributed by atoms with Gasteiger partial charge in [-0.15, -0.1) is 0 Å². The molecular formula is C15H17FN3O. The van der Waals surface area contributed by atoms with E-state index >= 15 is 0 Å². The number of methoxy groups -OCH3 is 1. The van der Waals surface area contributed by atoms with E-state index in [4.69, 9.17) is 4.74 Å². The molecule has 1 aromatic carbocycles. The lowest BCUT2D eigenvalue weighted by Crippen LogP contribution is -2.24. The van der Waals surface area contributed by atoms with Gasteiger partial charge in [0.1, 0.15) is 11.6 Å². The zero-order valence-electron chi connectivity index (χ0n) is 11.4. The van der Waals surface area contributed by atoms with E-state index in [9.17, 15) is 4.39 Å². The van der Waals surface area contributed by atoms with Crippen molar-refractivity contribution in [3.63, 3.8) is 0 Å². The van der Waals surface area contributed by atoms with Gasteiger partial charge in [-0.2, -0.15) is 5.10 Å². The molecule has 2 heterocycles. The highest BCUT2D eigenvalue weighted by Gasteiger charge is 2.17. The summed E-state index contributed by atoms with van der Waals surface area (Å²) in [5.41, 5.74) is 1.61. The molecule has 105 valence electrons. The Morgan fingerprint density at radius 3 is 2.85 bits per heavy atom. The molecule has 0 bridgehead atoms. The fraction of sp³-hybridized carbons (Fsp3) is 0.400. The summed E-state index contributed by atoms with van der Waals surface area (Å²) in [6, 6.07) is 4.91. The van der Waals surface area contributed by atoms with Gasteiger partial charge in [0.05, 0.1) is 19.3 Å². The highest BCUT2D eigenvalue weighted by Crippen LogP contribution is 2.31. The van der Waals surface area contributed by atoms with Crippen molar-refractivity contribution < 1.29 is 9.13 Å². The van der Waals surface area contributed by atoms with Crippen LogP contribution < -0.4 is 10.1 Å². The van der Waals surface area contributed by atoms with Gasteiger partial charge >= 0.3 is 0 Å². The second-order valence-corrected chi connectivity index (χ2v) is 4.96. The van der Waals surface area contributed by atoms with Crippen molar-refractivity contribution in [2.75, 3.05) is 20.2 Å². The molecule has 1 aliphatic rings. The molecule has 20 heavy (non-hydrogen) atoms. The predicted octanol–water partition coefficient (Wildman–Crippen LogP) is 2.64. The molecule has 0 aliphatic carbocycles. The van der Waals surface area contributed by atoms with Gasteiger partial charge < -0.3 is 4.74 Å². The maximum Gasteiger partial charge on any atom is 0.127 e. The lowest BCUT2D eigenvalue weighted by Gasteiger charge is -2.21. The SMILES string of the molecule is COc1ccc(F)cc1-c1cnn(C2CC[N]CC2)c1. The maximum atomic E-state index is 13.4. The molecule has 5 heteroatoms. The Kier molecular flexibility index (Phi) is 3.69. The number of halogens is 1. The monoisotopic (exact) mass is 274 g/mol. The van der Waals surface area contributed by atoms with Crippen molar-refractivity contribution >= 4 is 0 Å². The largest absolute Gasteiger partial charge is 0.496 e. The molecule has 4 nitrogen and oxygen atoms in total. The van der Waals surface area contributed by atoms with Gasteiger partial charge in [-0.25, -0.2) is 9.71 Å². The molecule has 1 saturated heterocycles. The van der Waals surface area contributed by atoms with Gasteiger partial charge in [0.25, 0.3) is 0 Å². The Morgan fingerprint density at radius 1 is 1.30 bits per heavy atom. The summed E-state index contributed by atoms with van der Waals surface area (Å²) in [7, 11) is 1.59. The standard InChI is InChI=1S/C15H17FN3O/c1-20-15-3-2-12(16)8-14(15)11-9-18-19(10-11)13-4-6-17-7-5-13/h2-3,8-10,13H,4-7H2,1H3. The van der Waals surface area contributed by atoms with E-state index in [2.05, 4.69) is 10.4 Å². The molecule has 0 N–H and O–H groups in total. The average Bonchev–Trinajstić information content (AvgIpc) is 2.98. The summed E-state index contributed by atoms with van der Waals surface area (Å²) in [4.78, 5) is 0. The van der Waals surface area contributed by atoms with Crippen LogP contribution in [0.4, 0.5) is 4.39 Å². The average molecular weight is 274 g/mol. The fourth-order valence-electron chi connectivity index (χ4n) is 2.58. The van der Waals surface area contributed by atoms with Gasteiger partial charge in [-0.1, -0.05) is 0 Å². The summed E-state index contributed by atoms with van der Waals surface area (Å²) in [6.45, 7) is 1.78. The van der Waals surface area contributed by atoms with Crippen molar-refractivity contribution in [1.29, 1.82) is 0 Å². The van der Waals surface area contributed by atoms with Crippen LogP contribution >= 0.6 is 0 Å². The van der Waals surface area contributed by atoms with E-state index in [-0.39, 0.29) is 5.82 Å². The first-order valence-corrected chi connectivity index (χ1v) is 6.79. The first-order chi connectivity index (χ1) is 9.78. The molecule has 1 aliphatic heterocycles. The molecule has 0 atom stereocenters. The van der Waals surface area contributed by atoms with E-state index in [1.165, 1.54) is 12.1 Å². The zero-order chi connectivity index (χ0) is 13.9. The zero-order valence-corrected chi connectivity index (χ0v) is 11.4. The second-order valence-electron chi connectivity index (χ2n) is 4.96. The molecule has 0 amide bonds. The molecule has 2 aromatic rings. The van der Waals surface area contributed by atoms with Crippen LogP contribution in [0.25, 0.3) is 11.1 Å². The third kappa shape index (κ3) is 2.54. The van der Waals surface area contributed by atoms with Gasteiger partial charge in [0, 0.05) is 30.4 Å². The first-order valence-electron chi connectivity index (χ1n) is 6.79. The van der Waals surface area contributed by atoms with E-state index in [0.29, 0.717) is 11.8 Å². The Morgan fingerprint density at radius 2 is 2.10 bits per heavy atom. The minimum Gasteiger partial charge on any atom is -0.496 e. The van der Waals surface area contributed by atoms with Crippen molar-refractivity contribution in [3.8, 4) is 16.9 Å². The Bertz CT molecular complexity index is 591. The van der Waals surface area contributed by atoms with E-state index in [1.807, 2.05) is 10.9 Å². The number of hydrogen-bond acceptors (Lipinski definition) is 2. The second kappa shape index (κ2) is 5.63. The first kappa shape index (κ1) is 13.1. The van der Waals surface area contributed by atoms with Crippen molar-refractivity contribution in [2.24, 2.45) is 0 Å². The molecule has 3 rings (SSSR count). The van der Waals surface area contributed by atoms with Crippen LogP contribution in [0.2, 0.25) is 0 Å². The molecule has 1 aromatic heterocycles. The molecule has 0 unspecified atom stereocenters. The van der Waals surface area contributed by atoms with Gasteiger partial charge in [0.15, 0.2) is 0 Å². The maximum absolute atomic E-state index is 13.4. The van der Waals surface area contributed by atoms with Gasteiger partial charge in [0.2, 0.25) is 0 Å². The molecule has 0 spiro atoms. The lowest BCUT2D eigenvalue weighted by molar-refractivity contribution is 0.339. The molecule has 1 fully saturated rings. The van der Waals surface area contributed by atoms with Crippen LogP contribution in [-0.2, 0) is 0 Å². The van der Waals surface area contributed by atoms with E-state index < -0.39 is 0 Å². The highest BCUT2D eigenvalue weighted by molar-refractivity contribution is 5.69. The lowest BCUT2D eigenvalue weighted by atomic mass is 10.1. The van der Waals surface area contributed by atoms with Crippen LogP contribution in [0.5, 0.6) is 5.75 Å². The van der Waals surface area contributed by atoms with Crippen LogP contribution in [0.15, 0.2) is 30.6 Å². The summed E-state index contributed by atoms with van der Waals surface area (Å²) in [5.74, 6) is 0.384. The smallest absolute Gasteiger partial charge is 0.127 e. The molecular weight excluding hydrogens is 257 g/mol. The van der Waals surface area contributed by atoms with Gasteiger partial charge in [-0.05, 0) is 31.0 Å². The Hall–Kier alpha value is -1.88. The van der Waals surface area contributed by atoms with Crippen LogP contribution in [0.1, 0.15) is 18.9 Å². The fourth-order valence-corrected chi connectivity index (χ4v) is 2.58. The summed E-state index contributed by atoms with van der Waals surface area (Å²) in [6.07, 6.45) is 5.76. The van der Waals surface area contributed by atoms with Crippen LogP contribution in [0, 0.1) is 5.82 Å². The third-order valence-corrected chi connectivity index (χ3v) is 3.69. The summed E-state index contributed by atoms with van der Waals surface area (Å²) >= 11 is 0. The minimum atomic E-state index is -0.273. The number of rotatable bonds is 3. The molecule has 1 radical (unpaired) electrons. The summed E-state index contributed by atoms with van der Waals surface area (Å²) < 4.78 is 20.7. The predicted molar refractivity (Wildman–Crippen MR) is 74.3 cm³/mol. The Balaban J connectivity index is 1.91.